The Bertz CT molecular complexity index is 337. The van der Waals surface area contributed by atoms with E-state index in [1.54, 1.807) is 0 Å². The summed E-state index contributed by atoms with van der Waals surface area (Å²) < 4.78 is 12.8. The van der Waals surface area contributed by atoms with Gasteiger partial charge in [-0.2, -0.15) is 0 Å². The Morgan fingerprint density at radius 3 is 2.71 bits per heavy atom. The number of anilines is 1. The smallest absolute Gasteiger partial charge is 0.123 e. The van der Waals surface area contributed by atoms with Gasteiger partial charge in [-0.15, -0.1) is 0 Å². The van der Waals surface area contributed by atoms with Crippen molar-refractivity contribution in [2.75, 3.05) is 25.0 Å². The van der Waals surface area contributed by atoms with Crippen LogP contribution in [0.3, 0.4) is 0 Å². The Balaban J connectivity index is 1.88. The molecular formula is C14H21FN2. The Kier molecular flexibility index (Phi) is 4.37. The molecule has 2 nitrogen and oxygen atoms in total. The SMILES string of the molecule is CCN1CCCC(Nc2ccc(F)cc2)CC1. The summed E-state index contributed by atoms with van der Waals surface area (Å²) in [5, 5.41) is 3.50. The zero-order valence-electron chi connectivity index (χ0n) is 10.5. The Hall–Kier alpha value is -1.09. The van der Waals surface area contributed by atoms with Crippen molar-refractivity contribution < 1.29 is 4.39 Å². The standard InChI is InChI=1S/C14H21FN2/c1-2-17-10-3-4-13(9-11-17)16-14-7-5-12(15)6-8-14/h5-8,13,16H,2-4,9-11H2,1H3. The van der Waals surface area contributed by atoms with E-state index in [2.05, 4.69) is 17.1 Å². The second-order valence-corrected chi connectivity index (χ2v) is 4.71. The molecule has 1 fully saturated rings. The van der Waals surface area contributed by atoms with Crippen LogP contribution < -0.4 is 5.32 Å². The van der Waals surface area contributed by atoms with Gasteiger partial charge >= 0.3 is 0 Å². The summed E-state index contributed by atoms with van der Waals surface area (Å²) >= 11 is 0. The summed E-state index contributed by atoms with van der Waals surface area (Å²) in [5.74, 6) is -0.173. The largest absolute Gasteiger partial charge is 0.382 e. The second kappa shape index (κ2) is 6.01. The van der Waals surface area contributed by atoms with Gasteiger partial charge in [0.05, 0.1) is 0 Å². The molecule has 0 aliphatic carbocycles. The first-order valence-electron chi connectivity index (χ1n) is 6.52. The maximum absolute atomic E-state index is 12.8. The lowest BCUT2D eigenvalue weighted by molar-refractivity contribution is 0.300. The lowest BCUT2D eigenvalue weighted by Crippen LogP contribution is -2.26. The van der Waals surface area contributed by atoms with E-state index in [-0.39, 0.29) is 5.82 Å². The van der Waals surface area contributed by atoms with E-state index in [9.17, 15) is 4.39 Å². The van der Waals surface area contributed by atoms with Crippen LogP contribution in [-0.2, 0) is 0 Å². The minimum atomic E-state index is -0.173. The van der Waals surface area contributed by atoms with Crippen molar-refractivity contribution in [3.05, 3.63) is 30.1 Å². The predicted molar refractivity (Wildman–Crippen MR) is 69.8 cm³/mol. The van der Waals surface area contributed by atoms with Gasteiger partial charge < -0.3 is 10.2 Å². The number of hydrogen-bond donors (Lipinski definition) is 1. The molecule has 1 aromatic rings. The van der Waals surface area contributed by atoms with Crippen molar-refractivity contribution in [1.29, 1.82) is 0 Å². The molecule has 0 spiro atoms. The maximum atomic E-state index is 12.8. The third-order valence-electron chi connectivity index (χ3n) is 3.48. The minimum absolute atomic E-state index is 0.173. The van der Waals surface area contributed by atoms with E-state index in [1.807, 2.05) is 12.1 Å². The molecular weight excluding hydrogens is 215 g/mol. The number of benzene rings is 1. The van der Waals surface area contributed by atoms with Crippen molar-refractivity contribution in [2.45, 2.75) is 32.2 Å². The zero-order valence-corrected chi connectivity index (χ0v) is 10.5. The van der Waals surface area contributed by atoms with Crippen molar-refractivity contribution in [3.63, 3.8) is 0 Å². The van der Waals surface area contributed by atoms with Crippen LogP contribution in [0.5, 0.6) is 0 Å². The van der Waals surface area contributed by atoms with Gasteiger partial charge in [-0.3, -0.25) is 0 Å². The molecule has 0 aromatic heterocycles. The average Bonchev–Trinajstić information content (AvgIpc) is 2.57. The molecule has 17 heavy (non-hydrogen) atoms. The van der Waals surface area contributed by atoms with Gasteiger partial charge in [0.15, 0.2) is 0 Å². The van der Waals surface area contributed by atoms with Crippen LogP contribution in [0.2, 0.25) is 0 Å². The average molecular weight is 236 g/mol. The molecule has 1 saturated heterocycles. The molecule has 1 atom stereocenters. The maximum Gasteiger partial charge on any atom is 0.123 e. The quantitative estimate of drug-likeness (QED) is 0.867. The highest BCUT2D eigenvalue weighted by atomic mass is 19.1. The molecule has 0 radical (unpaired) electrons. The summed E-state index contributed by atoms with van der Waals surface area (Å²) in [5.41, 5.74) is 1.03. The van der Waals surface area contributed by atoms with Gasteiger partial charge in [0.1, 0.15) is 5.82 Å². The summed E-state index contributed by atoms with van der Waals surface area (Å²) in [6, 6.07) is 7.18. The normalized spacial score (nSPS) is 22.1. The topological polar surface area (TPSA) is 15.3 Å². The molecule has 0 bridgehead atoms. The lowest BCUT2D eigenvalue weighted by atomic mass is 10.1. The first kappa shape index (κ1) is 12.4. The van der Waals surface area contributed by atoms with E-state index in [4.69, 9.17) is 0 Å². The Labute approximate surface area is 103 Å². The van der Waals surface area contributed by atoms with Crippen LogP contribution in [0, 0.1) is 5.82 Å². The van der Waals surface area contributed by atoms with Gasteiger partial charge in [-0.25, -0.2) is 4.39 Å². The van der Waals surface area contributed by atoms with E-state index in [0.717, 1.165) is 18.8 Å². The molecule has 0 amide bonds. The summed E-state index contributed by atoms with van der Waals surface area (Å²) in [6.07, 6.45) is 3.62. The summed E-state index contributed by atoms with van der Waals surface area (Å²) in [4.78, 5) is 2.49. The number of halogens is 1. The van der Waals surface area contributed by atoms with Crippen molar-refractivity contribution in [1.82, 2.24) is 4.90 Å². The first-order valence-corrected chi connectivity index (χ1v) is 6.52. The van der Waals surface area contributed by atoms with Crippen molar-refractivity contribution in [3.8, 4) is 0 Å². The molecule has 1 N–H and O–H groups in total. The van der Waals surface area contributed by atoms with Gasteiger partial charge in [0.2, 0.25) is 0 Å². The second-order valence-electron chi connectivity index (χ2n) is 4.71. The first-order chi connectivity index (χ1) is 8.28. The Morgan fingerprint density at radius 2 is 2.00 bits per heavy atom. The van der Waals surface area contributed by atoms with Crippen LogP contribution in [0.15, 0.2) is 24.3 Å². The fourth-order valence-electron chi connectivity index (χ4n) is 2.40. The van der Waals surface area contributed by atoms with E-state index < -0.39 is 0 Å². The monoisotopic (exact) mass is 236 g/mol. The third kappa shape index (κ3) is 3.70. The van der Waals surface area contributed by atoms with Crippen LogP contribution in [-0.4, -0.2) is 30.6 Å². The molecule has 1 unspecified atom stereocenters. The van der Waals surface area contributed by atoms with Gasteiger partial charge in [0, 0.05) is 18.3 Å². The summed E-state index contributed by atoms with van der Waals surface area (Å²) in [6.45, 7) is 5.73. The zero-order chi connectivity index (χ0) is 12.1. The third-order valence-corrected chi connectivity index (χ3v) is 3.48. The molecule has 0 saturated carbocycles. The van der Waals surface area contributed by atoms with Crippen LogP contribution >= 0.6 is 0 Å². The van der Waals surface area contributed by atoms with Crippen LogP contribution in [0.4, 0.5) is 10.1 Å². The number of rotatable bonds is 3. The van der Waals surface area contributed by atoms with Gasteiger partial charge in [-0.1, -0.05) is 6.92 Å². The number of nitrogens with one attached hydrogen (secondary N) is 1. The predicted octanol–water partition coefficient (Wildman–Crippen LogP) is 3.11. The fourth-order valence-corrected chi connectivity index (χ4v) is 2.40. The van der Waals surface area contributed by atoms with Crippen molar-refractivity contribution in [2.24, 2.45) is 0 Å². The van der Waals surface area contributed by atoms with E-state index in [0.29, 0.717) is 6.04 Å². The highest BCUT2D eigenvalue weighted by Gasteiger charge is 2.15. The minimum Gasteiger partial charge on any atom is -0.382 e. The van der Waals surface area contributed by atoms with Gasteiger partial charge in [-0.05, 0) is 56.6 Å². The molecule has 1 aliphatic heterocycles. The number of nitrogens with zero attached hydrogens (tertiary/aromatic N) is 1. The van der Waals surface area contributed by atoms with E-state index >= 15 is 0 Å². The van der Waals surface area contributed by atoms with E-state index in [1.165, 1.54) is 37.9 Å². The molecule has 2 rings (SSSR count). The number of hydrogen-bond acceptors (Lipinski definition) is 2. The van der Waals surface area contributed by atoms with Crippen LogP contribution in [0.25, 0.3) is 0 Å². The number of likely N-dealkylation sites (tertiary alicyclic amines) is 1. The van der Waals surface area contributed by atoms with Crippen molar-refractivity contribution >= 4 is 5.69 Å². The molecule has 94 valence electrons. The van der Waals surface area contributed by atoms with Crippen LogP contribution in [0.1, 0.15) is 26.2 Å². The molecule has 1 heterocycles. The van der Waals surface area contributed by atoms with Gasteiger partial charge in [0.25, 0.3) is 0 Å². The fraction of sp³-hybridized carbons (Fsp3) is 0.571. The Morgan fingerprint density at radius 1 is 1.24 bits per heavy atom. The lowest BCUT2D eigenvalue weighted by Gasteiger charge is -2.19. The highest BCUT2D eigenvalue weighted by molar-refractivity contribution is 5.43. The molecule has 3 heteroatoms. The highest BCUT2D eigenvalue weighted by Crippen LogP contribution is 2.17. The summed E-state index contributed by atoms with van der Waals surface area (Å²) in [7, 11) is 0. The molecule has 1 aliphatic rings. The molecule has 1 aromatic carbocycles.